The summed E-state index contributed by atoms with van der Waals surface area (Å²) in [6.45, 7) is 14.0. The standard InChI is InChI=1S/C23H22FN.C13H17NO2.CH5N/c1-15-8-5-6-10-20(15)23-17(3)9-7-11-21(23)18(4)25-22-14-19(24)13-12-16(22)2;1-10-2-3-11(9-15)13(8-10)14-12-4-6-16-7-5-12;1-2/h5-14,25H,4H2,1-3H3;2-3,8-9,12,14H,4-7H2,1H3;2H2,1H3. The molecule has 1 aliphatic heterocycles. The highest BCUT2D eigenvalue weighted by Crippen LogP contribution is 2.34. The lowest BCUT2D eigenvalue weighted by Gasteiger charge is -2.25. The Bertz CT molecular complexity index is 1530. The van der Waals surface area contributed by atoms with Crippen molar-refractivity contribution in [2.24, 2.45) is 5.73 Å². The van der Waals surface area contributed by atoms with E-state index in [9.17, 15) is 9.18 Å². The van der Waals surface area contributed by atoms with Gasteiger partial charge < -0.3 is 21.1 Å². The first-order chi connectivity index (χ1) is 20.8. The highest BCUT2D eigenvalue weighted by molar-refractivity contribution is 5.88. The molecule has 5 rings (SSSR count). The fourth-order valence-corrected chi connectivity index (χ4v) is 5.05. The molecule has 0 radical (unpaired) electrons. The molecule has 4 aromatic carbocycles. The molecule has 1 saturated heterocycles. The third kappa shape index (κ3) is 9.11. The maximum Gasteiger partial charge on any atom is 0.152 e. The molecule has 0 unspecified atom stereocenters. The summed E-state index contributed by atoms with van der Waals surface area (Å²) in [5, 5.41) is 6.72. The van der Waals surface area contributed by atoms with E-state index in [4.69, 9.17) is 4.74 Å². The molecular formula is C37H44FN3O2. The number of hydrogen-bond acceptors (Lipinski definition) is 5. The van der Waals surface area contributed by atoms with E-state index >= 15 is 0 Å². The minimum atomic E-state index is -0.260. The van der Waals surface area contributed by atoms with Crippen LogP contribution in [-0.2, 0) is 4.74 Å². The monoisotopic (exact) mass is 581 g/mol. The van der Waals surface area contributed by atoms with Crippen molar-refractivity contribution in [2.45, 2.75) is 46.6 Å². The van der Waals surface area contributed by atoms with Gasteiger partial charge in [-0.1, -0.05) is 61.2 Å². The van der Waals surface area contributed by atoms with Crippen molar-refractivity contribution < 1.29 is 13.9 Å². The molecular weight excluding hydrogens is 537 g/mol. The zero-order valence-corrected chi connectivity index (χ0v) is 26.0. The zero-order chi connectivity index (χ0) is 31.4. The van der Waals surface area contributed by atoms with Crippen LogP contribution in [0.4, 0.5) is 15.8 Å². The number of halogens is 1. The van der Waals surface area contributed by atoms with Crippen LogP contribution in [0.5, 0.6) is 0 Å². The smallest absolute Gasteiger partial charge is 0.152 e. The van der Waals surface area contributed by atoms with E-state index < -0.39 is 0 Å². The van der Waals surface area contributed by atoms with E-state index in [1.165, 1.54) is 41.4 Å². The molecule has 0 spiro atoms. The lowest BCUT2D eigenvalue weighted by atomic mass is 9.91. The number of hydrogen-bond donors (Lipinski definition) is 3. The Balaban J connectivity index is 0.000000242. The summed E-state index contributed by atoms with van der Waals surface area (Å²) in [5.74, 6) is -0.260. The van der Waals surface area contributed by atoms with Crippen molar-refractivity contribution in [3.63, 3.8) is 0 Å². The molecule has 0 bridgehead atoms. The summed E-state index contributed by atoms with van der Waals surface area (Å²) >= 11 is 0. The summed E-state index contributed by atoms with van der Waals surface area (Å²) < 4.78 is 18.9. The second kappa shape index (κ2) is 16.4. The minimum absolute atomic E-state index is 0.260. The van der Waals surface area contributed by atoms with Gasteiger partial charge in [-0.05, 0) is 105 Å². The van der Waals surface area contributed by atoms with Gasteiger partial charge in [0.15, 0.2) is 6.29 Å². The fraction of sp³-hybridized carbons (Fsp3) is 0.270. The van der Waals surface area contributed by atoms with Crippen LogP contribution in [0.2, 0.25) is 0 Å². The summed E-state index contributed by atoms with van der Waals surface area (Å²) in [7, 11) is 1.50. The highest BCUT2D eigenvalue weighted by atomic mass is 19.1. The van der Waals surface area contributed by atoms with Gasteiger partial charge in [0.25, 0.3) is 0 Å². The largest absolute Gasteiger partial charge is 0.382 e. The third-order valence-corrected chi connectivity index (χ3v) is 7.41. The van der Waals surface area contributed by atoms with Crippen LogP contribution in [-0.4, -0.2) is 32.6 Å². The first-order valence-electron chi connectivity index (χ1n) is 14.6. The molecule has 5 nitrogen and oxygen atoms in total. The van der Waals surface area contributed by atoms with Gasteiger partial charge in [-0.25, -0.2) is 4.39 Å². The molecule has 1 aliphatic rings. The van der Waals surface area contributed by atoms with Crippen molar-refractivity contribution in [3.05, 3.63) is 125 Å². The molecule has 0 aromatic heterocycles. The van der Waals surface area contributed by atoms with Crippen molar-refractivity contribution in [1.82, 2.24) is 0 Å². The van der Waals surface area contributed by atoms with E-state index in [1.54, 1.807) is 6.07 Å². The van der Waals surface area contributed by atoms with E-state index in [-0.39, 0.29) is 5.82 Å². The Labute approximate surface area is 256 Å². The Kier molecular flexibility index (Phi) is 12.7. The Hall–Kier alpha value is -4.26. The predicted molar refractivity (Wildman–Crippen MR) is 179 cm³/mol. The van der Waals surface area contributed by atoms with E-state index in [2.05, 4.69) is 61.1 Å². The van der Waals surface area contributed by atoms with Crippen LogP contribution in [0.15, 0.2) is 85.4 Å². The Morgan fingerprint density at radius 1 is 0.860 bits per heavy atom. The summed E-state index contributed by atoms with van der Waals surface area (Å²) in [6, 6.07) is 25.5. The van der Waals surface area contributed by atoms with Gasteiger partial charge in [-0.15, -0.1) is 0 Å². The lowest BCUT2D eigenvalue weighted by Crippen LogP contribution is -2.28. The van der Waals surface area contributed by atoms with E-state index in [0.717, 1.165) is 71.7 Å². The number of ether oxygens (including phenoxy) is 1. The molecule has 0 saturated carbocycles. The van der Waals surface area contributed by atoms with Crippen LogP contribution >= 0.6 is 0 Å². The highest BCUT2D eigenvalue weighted by Gasteiger charge is 2.15. The molecule has 0 amide bonds. The summed E-state index contributed by atoms with van der Waals surface area (Å²) in [5.41, 5.74) is 15.6. The Morgan fingerprint density at radius 2 is 1.56 bits per heavy atom. The van der Waals surface area contributed by atoms with Gasteiger partial charge in [0.2, 0.25) is 0 Å². The molecule has 43 heavy (non-hydrogen) atoms. The average Bonchev–Trinajstić information content (AvgIpc) is 3.01. The quantitative estimate of drug-likeness (QED) is 0.191. The van der Waals surface area contributed by atoms with Gasteiger partial charge in [0.1, 0.15) is 5.82 Å². The Morgan fingerprint density at radius 3 is 2.26 bits per heavy atom. The van der Waals surface area contributed by atoms with Gasteiger partial charge in [0.05, 0.1) is 0 Å². The number of carbonyl (C=O) groups excluding carboxylic acids is 1. The van der Waals surface area contributed by atoms with Crippen LogP contribution in [0.3, 0.4) is 0 Å². The van der Waals surface area contributed by atoms with Crippen LogP contribution in [0.1, 0.15) is 51.0 Å². The van der Waals surface area contributed by atoms with Gasteiger partial charge in [0, 0.05) is 47.5 Å². The average molecular weight is 582 g/mol. The van der Waals surface area contributed by atoms with Gasteiger partial charge >= 0.3 is 0 Å². The van der Waals surface area contributed by atoms with Crippen LogP contribution in [0, 0.1) is 33.5 Å². The number of nitrogens with two attached hydrogens (primary N) is 1. The second-order valence-electron chi connectivity index (χ2n) is 10.6. The fourth-order valence-electron chi connectivity index (χ4n) is 5.05. The summed E-state index contributed by atoms with van der Waals surface area (Å²) in [4.78, 5) is 10.9. The molecule has 226 valence electrons. The molecule has 1 fully saturated rings. The third-order valence-electron chi connectivity index (χ3n) is 7.41. The molecule has 6 heteroatoms. The number of carbonyl (C=O) groups is 1. The van der Waals surface area contributed by atoms with E-state index in [0.29, 0.717) is 6.04 Å². The van der Waals surface area contributed by atoms with E-state index in [1.807, 2.05) is 50.2 Å². The van der Waals surface area contributed by atoms with Crippen LogP contribution < -0.4 is 16.4 Å². The predicted octanol–water partition coefficient (Wildman–Crippen LogP) is 8.47. The molecule has 4 aromatic rings. The second-order valence-corrected chi connectivity index (χ2v) is 10.6. The van der Waals surface area contributed by atoms with Crippen molar-refractivity contribution in [1.29, 1.82) is 0 Å². The molecule has 1 heterocycles. The normalized spacial score (nSPS) is 12.6. The van der Waals surface area contributed by atoms with Crippen molar-refractivity contribution >= 4 is 23.4 Å². The molecule has 0 aliphatic carbocycles. The summed E-state index contributed by atoms with van der Waals surface area (Å²) in [6.07, 6.45) is 2.92. The number of rotatable bonds is 7. The maximum atomic E-state index is 13.6. The van der Waals surface area contributed by atoms with Crippen molar-refractivity contribution in [2.75, 3.05) is 30.9 Å². The maximum absolute atomic E-state index is 13.6. The SMILES string of the molecule is C=C(Nc1cc(F)ccc1C)c1cccc(C)c1-c1ccccc1C.CN.Cc1ccc(C=O)c(NC2CCOCC2)c1. The number of aryl methyl sites for hydroxylation is 4. The zero-order valence-electron chi connectivity index (χ0n) is 26.0. The van der Waals surface area contributed by atoms with Gasteiger partial charge in [-0.3, -0.25) is 4.79 Å². The molecule has 0 atom stereocenters. The van der Waals surface area contributed by atoms with Crippen LogP contribution in [0.25, 0.3) is 16.8 Å². The first-order valence-corrected chi connectivity index (χ1v) is 14.6. The number of anilines is 2. The number of benzene rings is 4. The minimum Gasteiger partial charge on any atom is -0.382 e. The van der Waals surface area contributed by atoms with Crippen molar-refractivity contribution in [3.8, 4) is 11.1 Å². The van der Waals surface area contributed by atoms with Gasteiger partial charge in [-0.2, -0.15) is 0 Å². The lowest BCUT2D eigenvalue weighted by molar-refractivity contribution is 0.0904. The topological polar surface area (TPSA) is 76.4 Å². The first kappa shape index (κ1) is 33.2. The number of nitrogens with one attached hydrogen (secondary N) is 2. The number of aldehydes is 1. The molecule has 4 N–H and O–H groups in total.